The van der Waals surface area contributed by atoms with Crippen LogP contribution in [0.1, 0.15) is 34.6 Å². The summed E-state index contributed by atoms with van der Waals surface area (Å²) < 4.78 is 0. The van der Waals surface area contributed by atoms with E-state index >= 15 is 0 Å². The molecule has 0 aromatic rings. The van der Waals surface area contributed by atoms with E-state index in [4.69, 9.17) is 11.1 Å². The van der Waals surface area contributed by atoms with E-state index in [1.54, 1.807) is 13.8 Å². The van der Waals surface area contributed by atoms with Crippen molar-refractivity contribution in [1.29, 1.82) is 5.41 Å². The molecule has 0 saturated heterocycles. The first-order valence-electron chi connectivity index (χ1n) is 3.54. The molecule has 3 N–H and O–H groups in total. The SMILES string of the molecule is CC.CC(=N)/C(C)=C(/C)N. The van der Waals surface area contributed by atoms with Gasteiger partial charge < -0.3 is 11.1 Å². The smallest absolute Gasteiger partial charge is 0.0329 e. The highest BCUT2D eigenvalue weighted by atomic mass is 14.6. The maximum atomic E-state index is 7.09. The lowest BCUT2D eigenvalue weighted by molar-refractivity contribution is 1.24. The van der Waals surface area contributed by atoms with Gasteiger partial charge in [-0.2, -0.15) is 0 Å². The van der Waals surface area contributed by atoms with Gasteiger partial charge in [0, 0.05) is 11.4 Å². The molecular weight excluding hydrogens is 124 g/mol. The Morgan fingerprint density at radius 1 is 1.10 bits per heavy atom. The summed E-state index contributed by atoms with van der Waals surface area (Å²) in [7, 11) is 0. The third-order valence-corrected chi connectivity index (χ3v) is 1.15. The van der Waals surface area contributed by atoms with E-state index in [9.17, 15) is 0 Å². The summed E-state index contributed by atoms with van der Waals surface area (Å²) >= 11 is 0. The van der Waals surface area contributed by atoms with E-state index in [0.29, 0.717) is 5.71 Å². The molecule has 0 bridgehead atoms. The maximum Gasteiger partial charge on any atom is 0.0329 e. The van der Waals surface area contributed by atoms with Crippen LogP contribution in [0.15, 0.2) is 11.3 Å². The Hall–Kier alpha value is -0.790. The summed E-state index contributed by atoms with van der Waals surface area (Å²) in [4.78, 5) is 0. The second-order valence-electron chi connectivity index (χ2n) is 1.93. The van der Waals surface area contributed by atoms with Crippen molar-refractivity contribution in [1.82, 2.24) is 0 Å². The van der Waals surface area contributed by atoms with E-state index in [1.807, 2.05) is 20.8 Å². The molecule has 60 valence electrons. The van der Waals surface area contributed by atoms with Crippen molar-refractivity contribution in [3.8, 4) is 0 Å². The minimum atomic E-state index is 0.546. The van der Waals surface area contributed by atoms with E-state index < -0.39 is 0 Å². The number of allylic oxidation sites excluding steroid dienone is 2. The summed E-state index contributed by atoms with van der Waals surface area (Å²) in [5, 5.41) is 7.09. The van der Waals surface area contributed by atoms with Gasteiger partial charge in [-0.15, -0.1) is 0 Å². The predicted octanol–water partition coefficient (Wildman–Crippen LogP) is 2.30. The van der Waals surface area contributed by atoms with Gasteiger partial charge in [-0.3, -0.25) is 0 Å². The molecule has 10 heavy (non-hydrogen) atoms. The van der Waals surface area contributed by atoms with Crippen molar-refractivity contribution in [2.24, 2.45) is 5.73 Å². The molecule has 0 spiro atoms. The van der Waals surface area contributed by atoms with Gasteiger partial charge in [-0.1, -0.05) is 13.8 Å². The van der Waals surface area contributed by atoms with E-state index in [2.05, 4.69) is 0 Å². The largest absolute Gasteiger partial charge is 0.402 e. The number of nitrogens with one attached hydrogen (secondary N) is 1. The van der Waals surface area contributed by atoms with E-state index in [1.165, 1.54) is 0 Å². The molecule has 2 nitrogen and oxygen atoms in total. The topological polar surface area (TPSA) is 49.9 Å². The average molecular weight is 142 g/mol. The van der Waals surface area contributed by atoms with Crippen molar-refractivity contribution in [2.75, 3.05) is 0 Å². The molecule has 0 heterocycles. The van der Waals surface area contributed by atoms with Gasteiger partial charge in [0.05, 0.1) is 0 Å². The standard InChI is InChI=1S/C6H12N2.C2H6/c1-4(5(2)7)6(3)8;1-2/h7H,8H2,1-3H3;1-2H3/b6-4-,7-5?;. The van der Waals surface area contributed by atoms with Gasteiger partial charge in [-0.05, 0) is 26.3 Å². The lowest BCUT2D eigenvalue weighted by Gasteiger charge is -1.97. The molecule has 0 amide bonds. The van der Waals surface area contributed by atoms with Gasteiger partial charge in [0.25, 0.3) is 0 Å². The lowest BCUT2D eigenvalue weighted by Crippen LogP contribution is -2.01. The average Bonchev–Trinajstić information content (AvgIpc) is 1.90. The molecular formula is C8H18N2. The van der Waals surface area contributed by atoms with Crippen LogP contribution in [0.4, 0.5) is 0 Å². The Bertz CT molecular complexity index is 130. The molecule has 0 aromatic heterocycles. The summed E-state index contributed by atoms with van der Waals surface area (Å²) in [5.41, 5.74) is 7.54. The quantitative estimate of drug-likeness (QED) is 0.542. The van der Waals surface area contributed by atoms with Crippen LogP contribution in [0.5, 0.6) is 0 Å². The number of rotatable bonds is 1. The molecule has 0 unspecified atom stereocenters. The minimum Gasteiger partial charge on any atom is -0.402 e. The monoisotopic (exact) mass is 142 g/mol. The molecule has 0 fully saturated rings. The van der Waals surface area contributed by atoms with E-state index in [-0.39, 0.29) is 0 Å². The second kappa shape index (κ2) is 6.33. The lowest BCUT2D eigenvalue weighted by atomic mass is 10.2. The van der Waals surface area contributed by atoms with Crippen molar-refractivity contribution in [2.45, 2.75) is 34.6 Å². The Morgan fingerprint density at radius 3 is 1.40 bits per heavy atom. The molecule has 0 aliphatic heterocycles. The molecule has 0 aliphatic carbocycles. The van der Waals surface area contributed by atoms with Crippen LogP contribution < -0.4 is 5.73 Å². The fraction of sp³-hybridized carbons (Fsp3) is 0.625. The third kappa shape index (κ3) is 5.35. The molecule has 0 atom stereocenters. The van der Waals surface area contributed by atoms with Crippen molar-refractivity contribution in [3.05, 3.63) is 11.3 Å². The fourth-order valence-electron chi connectivity index (χ4n) is 0.296. The summed E-state index contributed by atoms with van der Waals surface area (Å²) in [6, 6.07) is 0. The zero-order chi connectivity index (χ0) is 8.73. The zero-order valence-corrected chi connectivity index (χ0v) is 7.58. The second-order valence-corrected chi connectivity index (χ2v) is 1.93. The molecule has 0 radical (unpaired) electrons. The first kappa shape index (κ1) is 11.9. The Labute approximate surface area is 63.6 Å². The number of nitrogens with two attached hydrogens (primary N) is 1. The Morgan fingerprint density at radius 2 is 1.40 bits per heavy atom. The minimum absolute atomic E-state index is 0.546. The van der Waals surface area contributed by atoms with Gasteiger partial charge >= 0.3 is 0 Å². The Balaban J connectivity index is 0. The normalized spacial score (nSPS) is 10.9. The molecule has 2 heteroatoms. The Kier molecular flexibility index (Phi) is 7.56. The first-order valence-corrected chi connectivity index (χ1v) is 3.54. The third-order valence-electron chi connectivity index (χ3n) is 1.15. The number of hydrogen-bond acceptors (Lipinski definition) is 2. The van der Waals surface area contributed by atoms with Gasteiger partial charge in [0.15, 0.2) is 0 Å². The van der Waals surface area contributed by atoms with Crippen LogP contribution in [-0.2, 0) is 0 Å². The maximum absolute atomic E-state index is 7.09. The van der Waals surface area contributed by atoms with Crippen LogP contribution in [-0.4, -0.2) is 5.71 Å². The van der Waals surface area contributed by atoms with Crippen LogP contribution in [0.2, 0.25) is 0 Å². The highest BCUT2D eigenvalue weighted by Gasteiger charge is 1.91. The molecule has 0 aromatic carbocycles. The summed E-state index contributed by atoms with van der Waals surface area (Å²) in [6.45, 7) is 9.37. The molecule has 0 rings (SSSR count). The number of hydrogen-bond donors (Lipinski definition) is 2. The summed E-state index contributed by atoms with van der Waals surface area (Å²) in [6.07, 6.45) is 0. The zero-order valence-electron chi connectivity index (χ0n) is 7.58. The van der Waals surface area contributed by atoms with Gasteiger partial charge in [-0.25, -0.2) is 0 Å². The van der Waals surface area contributed by atoms with Crippen molar-refractivity contribution >= 4 is 5.71 Å². The molecule has 0 aliphatic rings. The van der Waals surface area contributed by atoms with Crippen molar-refractivity contribution < 1.29 is 0 Å². The van der Waals surface area contributed by atoms with Crippen LogP contribution >= 0.6 is 0 Å². The van der Waals surface area contributed by atoms with Crippen LogP contribution in [0, 0.1) is 5.41 Å². The van der Waals surface area contributed by atoms with Crippen LogP contribution in [0.25, 0.3) is 0 Å². The van der Waals surface area contributed by atoms with Crippen LogP contribution in [0.3, 0.4) is 0 Å². The molecule has 0 saturated carbocycles. The fourth-order valence-corrected chi connectivity index (χ4v) is 0.296. The van der Waals surface area contributed by atoms with Gasteiger partial charge in [0.1, 0.15) is 0 Å². The highest BCUT2D eigenvalue weighted by molar-refractivity contribution is 5.95. The van der Waals surface area contributed by atoms with E-state index in [0.717, 1.165) is 11.3 Å². The first-order chi connectivity index (χ1) is 4.55. The van der Waals surface area contributed by atoms with Gasteiger partial charge in [0.2, 0.25) is 0 Å². The summed E-state index contributed by atoms with van der Waals surface area (Å²) in [5.74, 6) is 0. The van der Waals surface area contributed by atoms with Crippen molar-refractivity contribution in [3.63, 3.8) is 0 Å². The highest BCUT2D eigenvalue weighted by Crippen LogP contribution is 1.96. The predicted molar refractivity (Wildman–Crippen MR) is 47.3 cm³/mol.